The third-order valence-corrected chi connectivity index (χ3v) is 4.80. The summed E-state index contributed by atoms with van der Waals surface area (Å²) in [6, 6.07) is 9.72. The van der Waals surface area contributed by atoms with Crippen LogP contribution in [0, 0.1) is 13.8 Å². The Morgan fingerprint density at radius 3 is 2.22 bits per heavy atom. The second-order valence-electron chi connectivity index (χ2n) is 7.35. The molecule has 6 heteroatoms. The molecule has 0 amide bonds. The zero-order valence-corrected chi connectivity index (χ0v) is 19.8. The fourth-order valence-corrected chi connectivity index (χ4v) is 3.20. The van der Waals surface area contributed by atoms with Gasteiger partial charge in [-0.3, -0.25) is 0 Å². The molecular weight excluding hydrogens is 406 g/mol. The molecule has 0 atom stereocenters. The van der Waals surface area contributed by atoms with Gasteiger partial charge in [-0.1, -0.05) is 17.3 Å². The molecule has 0 aromatic heterocycles. The maximum atomic E-state index is 6.04. The molecule has 0 unspecified atom stereocenters. The van der Waals surface area contributed by atoms with E-state index in [1.807, 2.05) is 49.4 Å². The standard InChI is InChI=1S/C26H35NO5/c1-6-7-13-30-23-16-20(2)26(21(3)17-23)32-15-10-8-9-14-31-24-12-11-22(19-27-29-5)18-25(24)28-4/h6-7,11-12,16-19H,8-10,13-15H2,1-5H3/b7-6+,27-19?. The van der Waals surface area contributed by atoms with Crippen molar-refractivity contribution in [2.75, 3.05) is 34.0 Å². The van der Waals surface area contributed by atoms with Gasteiger partial charge >= 0.3 is 0 Å². The lowest BCUT2D eigenvalue weighted by atomic mass is 10.1. The summed E-state index contributed by atoms with van der Waals surface area (Å²) in [6.45, 7) is 7.97. The number of oxime groups is 1. The monoisotopic (exact) mass is 441 g/mol. The van der Waals surface area contributed by atoms with Crippen molar-refractivity contribution in [1.82, 2.24) is 0 Å². The molecule has 0 aliphatic rings. The molecule has 2 aromatic carbocycles. The zero-order chi connectivity index (χ0) is 23.2. The summed E-state index contributed by atoms with van der Waals surface area (Å²) in [5, 5.41) is 3.76. The molecule has 0 spiro atoms. The number of ether oxygens (including phenoxy) is 4. The maximum Gasteiger partial charge on any atom is 0.161 e. The minimum absolute atomic E-state index is 0.579. The lowest BCUT2D eigenvalue weighted by molar-refractivity contribution is 0.215. The highest BCUT2D eigenvalue weighted by atomic mass is 16.6. The van der Waals surface area contributed by atoms with Crippen molar-refractivity contribution >= 4 is 6.21 Å². The van der Waals surface area contributed by atoms with E-state index in [0.29, 0.717) is 25.6 Å². The van der Waals surface area contributed by atoms with Gasteiger partial charge in [0.25, 0.3) is 0 Å². The number of rotatable bonds is 14. The molecule has 0 saturated heterocycles. The Labute approximate surface area is 191 Å². The van der Waals surface area contributed by atoms with Crippen LogP contribution in [0.2, 0.25) is 0 Å². The Kier molecular flexibility index (Phi) is 11.0. The van der Waals surface area contributed by atoms with Crippen molar-refractivity contribution in [3.8, 4) is 23.0 Å². The molecule has 0 aliphatic carbocycles. The van der Waals surface area contributed by atoms with Crippen LogP contribution in [-0.4, -0.2) is 40.3 Å². The Bertz CT molecular complexity index is 869. The van der Waals surface area contributed by atoms with E-state index in [0.717, 1.165) is 53.2 Å². The quantitative estimate of drug-likeness (QED) is 0.159. The summed E-state index contributed by atoms with van der Waals surface area (Å²) in [6.07, 6.45) is 8.51. The van der Waals surface area contributed by atoms with Gasteiger partial charge in [-0.2, -0.15) is 0 Å². The Morgan fingerprint density at radius 2 is 1.56 bits per heavy atom. The Balaban J connectivity index is 1.72. The van der Waals surface area contributed by atoms with Crippen molar-refractivity contribution in [2.24, 2.45) is 5.16 Å². The number of methoxy groups -OCH3 is 1. The number of hydrogen-bond donors (Lipinski definition) is 0. The number of benzene rings is 2. The average molecular weight is 442 g/mol. The van der Waals surface area contributed by atoms with Gasteiger partial charge in [0.15, 0.2) is 11.5 Å². The summed E-state index contributed by atoms with van der Waals surface area (Å²) in [5.41, 5.74) is 3.07. The van der Waals surface area contributed by atoms with Gasteiger partial charge in [-0.25, -0.2) is 0 Å². The van der Waals surface area contributed by atoms with Gasteiger partial charge in [-0.15, -0.1) is 0 Å². The van der Waals surface area contributed by atoms with Gasteiger partial charge in [0, 0.05) is 5.56 Å². The molecule has 174 valence electrons. The van der Waals surface area contributed by atoms with Crippen LogP contribution in [0.25, 0.3) is 0 Å². The lowest BCUT2D eigenvalue weighted by Crippen LogP contribution is -2.04. The summed E-state index contributed by atoms with van der Waals surface area (Å²) >= 11 is 0. The normalized spacial score (nSPS) is 11.2. The smallest absolute Gasteiger partial charge is 0.161 e. The van der Waals surface area contributed by atoms with Gasteiger partial charge in [0.05, 0.1) is 26.5 Å². The molecule has 6 nitrogen and oxygen atoms in total. The number of allylic oxidation sites excluding steroid dienone is 1. The molecule has 0 fully saturated rings. The zero-order valence-electron chi connectivity index (χ0n) is 19.8. The van der Waals surface area contributed by atoms with E-state index in [-0.39, 0.29) is 0 Å². The second kappa shape index (κ2) is 14.0. The number of unbranched alkanes of at least 4 members (excludes halogenated alkanes) is 2. The third-order valence-electron chi connectivity index (χ3n) is 4.80. The number of nitrogens with zero attached hydrogens (tertiary/aromatic N) is 1. The summed E-state index contributed by atoms with van der Waals surface area (Å²) in [7, 11) is 3.14. The average Bonchev–Trinajstić information content (AvgIpc) is 2.79. The van der Waals surface area contributed by atoms with E-state index >= 15 is 0 Å². The predicted molar refractivity (Wildman–Crippen MR) is 129 cm³/mol. The van der Waals surface area contributed by atoms with Gasteiger partial charge < -0.3 is 23.8 Å². The largest absolute Gasteiger partial charge is 0.493 e. The number of hydrogen-bond acceptors (Lipinski definition) is 6. The van der Waals surface area contributed by atoms with Gasteiger partial charge in [0.2, 0.25) is 0 Å². The molecule has 0 saturated carbocycles. The molecule has 0 radical (unpaired) electrons. The first kappa shape index (κ1) is 25.1. The highest BCUT2D eigenvalue weighted by Crippen LogP contribution is 2.29. The first-order chi connectivity index (χ1) is 15.6. The Hall–Kier alpha value is -3.15. The summed E-state index contributed by atoms with van der Waals surface area (Å²) < 4.78 is 23.1. The summed E-state index contributed by atoms with van der Waals surface area (Å²) in [4.78, 5) is 4.70. The maximum absolute atomic E-state index is 6.04. The van der Waals surface area contributed by atoms with E-state index in [2.05, 4.69) is 19.0 Å². The molecule has 2 rings (SSSR count). The van der Waals surface area contributed by atoms with Crippen LogP contribution in [0.1, 0.15) is 42.9 Å². The van der Waals surface area contributed by atoms with Gasteiger partial charge in [0.1, 0.15) is 25.2 Å². The van der Waals surface area contributed by atoms with Crippen LogP contribution in [0.4, 0.5) is 0 Å². The van der Waals surface area contributed by atoms with Crippen LogP contribution >= 0.6 is 0 Å². The van der Waals surface area contributed by atoms with Crippen LogP contribution in [0.3, 0.4) is 0 Å². The van der Waals surface area contributed by atoms with Crippen LogP contribution in [0.15, 0.2) is 47.6 Å². The highest BCUT2D eigenvalue weighted by molar-refractivity contribution is 5.80. The molecular formula is C26H35NO5. The van der Waals surface area contributed by atoms with Crippen LogP contribution in [-0.2, 0) is 4.84 Å². The van der Waals surface area contributed by atoms with E-state index in [4.69, 9.17) is 23.8 Å². The van der Waals surface area contributed by atoms with E-state index in [1.54, 1.807) is 13.3 Å². The third kappa shape index (κ3) is 8.17. The lowest BCUT2D eigenvalue weighted by Gasteiger charge is -2.14. The minimum atomic E-state index is 0.579. The summed E-state index contributed by atoms with van der Waals surface area (Å²) in [5.74, 6) is 3.22. The van der Waals surface area contributed by atoms with Crippen molar-refractivity contribution < 1.29 is 23.8 Å². The van der Waals surface area contributed by atoms with Crippen LogP contribution in [0.5, 0.6) is 23.0 Å². The SMILES string of the molecule is C/C=C/COc1cc(C)c(OCCCCCOc2ccc(C=NOC)cc2OC)c(C)c1. The molecule has 0 N–H and O–H groups in total. The van der Waals surface area contributed by atoms with Crippen molar-refractivity contribution in [1.29, 1.82) is 0 Å². The van der Waals surface area contributed by atoms with Crippen molar-refractivity contribution in [3.63, 3.8) is 0 Å². The molecule has 0 bridgehead atoms. The first-order valence-electron chi connectivity index (χ1n) is 10.9. The second-order valence-corrected chi connectivity index (χ2v) is 7.35. The van der Waals surface area contributed by atoms with E-state index < -0.39 is 0 Å². The number of aryl methyl sites for hydroxylation is 2. The minimum Gasteiger partial charge on any atom is -0.493 e. The molecule has 2 aromatic rings. The Morgan fingerprint density at radius 1 is 0.844 bits per heavy atom. The topological polar surface area (TPSA) is 58.5 Å². The van der Waals surface area contributed by atoms with E-state index in [1.165, 1.54) is 7.11 Å². The van der Waals surface area contributed by atoms with Gasteiger partial charge in [-0.05, 0) is 81.5 Å². The molecule has 0 heterocycles. The fourth-order valence-electron chi connectivity index (χ4n) is 3.20. The molecule has 32 heavy (non-hydrogen) atoms. The van der Waals surface area contributed by atoms with Crippen molar-refractivity contribution in [3.05, 3.63) is 59.2 Å². The van der Waals surface area contributed by atoms with E-state index in [9.17, 15) is 0 Å². The molecule has 0 aliphatic heterocycles. The fraction of sp³-hybridized carbons (Fsp3) is 0.423. The highest BCUT2D eigenvalue weighted by Gasteiger charge is 2.08. The predicted octanol–water partition coefficient (Wildman–Crippen LogP) is 5.88. The van der Waals surface area contributed by atoms with Crippen LogP contribution < -0.4 is 18.9 Å². The van der Waals surface area contributed by atoms with Crippen molar-refractivity contribution in [2.45, 2.75) is 40.0 Å². The first-order valence-corrected chi connectivity index (χ1v) is 10.9.